The number of hydrogen-bond donors (Lipinski definition) is 2. The van der Waals surface area contributed by atoms with Crippen LogP contribution in [0.4, 0.5) is 0 Å². The molecule has 0 unspecified atom stereocenters. The molecule has 0 radical (unpaired) electrons. The van der Waals surface area contributed by atoms with Crippen molar-refractivity contribution in [2.24, 2.45) is 5.92 Å². The molecule has 14 heavy (non-hydrogen) atoms. The molecule has 0 bridgehead atoms. The van der Waals surface area contributed by atoms with Crippen molar-refractivity contribution in [1.29, 1.82) is 0 Å². The average molecular weight is 200 g/mol. The van der Waals surface area contributed by atoms with Gasteiger partial charge in [-0.05, 0) is 6.92 Å². The number of carbonyl (C=O) groups excluding carboxylic acids is 1. The Kier molecular flexibility index (Phi) is 1.31. The largest absolute Gasteiger partial charge is 0.465 e. The van der Waals surface area contributed by atoms with E-state index in [0.717, 1.165) is 0 Å². The van der Waals surface area contributed by atoms with Gasteiger partial charge in [0.15, 0.2) is 0 Å². The standard InChI is InChI=1S/C9H12O5/c1-8-4-7(11)13-3-2-9(4,12)5(10)6(8)14-8/h4-6,10,12H,2-3H2,1H3/t4-,5+,6+,8-,9+/m1/s1. The fraction of sp³-hybridized carbons (Fsp3) is 0.889. The number of epoxide rings is 1. The Morgan fingerprint density at radius 3 is 2.93 bits per heavy atom. The van der Waals surface area contributed by atoms with Crippen LogP contribution < -0.4 is 0 Å². The Hall–Kier alpha value is -0.650. The van der Waals surface area contributed by atoms with Crippen molar-refractivity contribution in [2.75, 3.05) is 6.61 Å². The lowest BCUT2D eigenvalue weighted by Gasteiger charge is -2.38. The van der Waals surface area contributed by atoms with Crippen LogP contribution in [0, 0.1) is 5.92 Å². The molecule has 1 aliphatic carbocycles. The quantitative estimate of drug-likeness (QED) is 0.380. The van der Waals surface area contributed by atoms with Crippen LogP contribution in [0.3, 0.4) is 0 Å². The normalized spacial score (nSPS) is 60.2. The third-order valence-corrected chi connectivity index (χ3v) is 3.74. The topological polar surface area (TPSA) is 79.3 Å². The molecule has 0 amide bonds. The van der Waals surface area contributed by atoms with Crippen molar-refractivity contribution in [3.63, 3.8) is 0 Å². The highest BCUT2D eigenvalue weighted by Crippen LogP contribution is 2.60. The number of rotatable bonds is 0. The Bertz CT molecular complexity index is 316. The minimum Gasteiger partial charge on any atom is -0.465 e. The molecule has 2 N–H and O–H groups in total. The maximum absolute atomic E-state index is 11.5. The first-order valence-corrected chi connectivity index (χ1v) is 4.75. The zero-order valence-electron chi connectivity index (χ0n) is 7.77. The van der Waals surface area contributed by atoms with Crippen LogP contribution in [-0.2, 0) is 14.3 Å². The summed E-state index contributed by atoms with van der Waals surface area (Å²) in [6.07, 6.45) is -1.09. The van der Waals surface area contributed by atoms with Gasteiger partial charge in [0.1, 0.15) is 29.3 Å². The minimum atomic E-state index is -1.34. The monoisotopic (exact) mass is 200 g/mol. The average Bonchev–Trinajstić information content (AvgIpc) is 2.72. The zero-order valence-corrected chi connectivity index (χ0v) is 7.77. The van der Waals surface area contributed by atoms with Crippen LogP contribution in [0.5, 0.6) is 0 Å². The van der Waals surface area contributed by atoms with Gasteiger partial charge in [-0.3, -0.25) is 4.79 Å². The van der Waals surface area contributed by atoms with Crippen molar-refractivity contribution < 1.29 is 24.5 Å². The van der Waals surface area contributed by atoms with Gasteiger partial charge in [0, 0.05) is 6.42 Å². The molecule has 5 atom stereocenters. The molecule has 78 valence electrons. The van der Waals surface area contributed by atoms with E-state index in [2.05, 4.69) is 0 Å². The molecular formula is C9H12O5. The molecule has 3 fully saturated rings. The SMILES string of the molecule is C[C@]12O[C@H]1[C@H](O)[C@]1(O)CCOC(=O)[C@@H]12. The van der Waals surface area contributed by atoms with Crippen LogP contribution in [0.1, 0.15) is 13.3 Å². The molecule has 5 heteroatoms. The molecule has 0 spiro atoms. The fourth-order valence-electron chi connectivity index (χ4n) is 2.91. The highest BCUT2D eigenvalue weighted by molar-refractivity contribution is 5.78. The highest BCUT2D eigenvalue weighted by Gasteiger charge is 2.79. The summed E-state index contributed by atoms with van der Waals surface area (Å²) in [6, 6.07) is 0. The molecule has 3 rings (SSSR count). The zero-order chi connectivity index (χ0) is 10.1. The van der Waals surface area contributed by atoms with E-state index >= 15 is 0 Å². The third-order valence-electron chi connectivity index (χ3n) is 3.74. The molecule has 3 aliphatic rings. The number of carbonyl (C=O) groups is 1. The molecular weight excluding hydrogens is 188 g/mol. The summed E-state index contributed by atoms with van der Waals surface area (Å²) < 4.78 is 10.1. The van der Waals surface area contributed by atoms with Crippen molar-refractivity contribution in [3.8, 4) is 0 Å². The number of aliphatic hydroxyl groups excluding tert-OH is 1. The van der Waals surface area contributed by atoms with Gasteiger partial charge < -0.3 is 19.7 Å². The first-order chi connectivity index (χ1) is 6.50. The van der Waals surface area contributed by atoms with Crippen LogP contribution in [0.15, 0.2) is 0 Å². The maximum atomic E-state index is 11.5. The summed E-state index contributed by atoms with van der Waals surface area (Å²) in [5.41, 5.74) is -2.06. The van der Waals surface area contributed by atoms with Crippen LogP contribution in [0.2, 0.25) is 0 Å². The molecule has 0 aromatic carbocycles. The van der Waals surface area contributed by atoms with Gasteiger partial charge in [-0.1, -0.05) is 0 Å². The molecule has 0 aromatic rings. The molecule has 2 heterocycles. The van der Waals surface area contributed by atoms with Gasteiger partial charge in [-0.15, -0.1) is 0 Å². The number of aliphatic hydroxyl groups is 2. The van der Waals surface area contributed by atoms with Crippen molar-refractivity contribution in [2.45, 2.75) is 36.8 Å². The van der Waals surface area contributed by atoms with Gasteiger partial charge in [-0.2, -0.15) is 0 Å². The van der Waals surface area contributed by atoms with Crippen molar-refractivity contribution in [3.05, 3.63) is 0 Å². The van der Waals surface area contributed by atoms with Gasteiger partial charge in [-0.25, -0.2) is 0 Å². The van der Waals surface area contributed by atoms with Gasteiger partial charge in [0.2, 0.25) is 0 Å². The number of hydrogen-bond acceptors (Lipinski definition) is 5. The molecule has 2 saturated heterocycles. The van der Waals surface area contributed by atoms with Crippen LogP contribution in [-0.4, -0.2) is 46.2 Å². The van der Waals surface area contributed by atoms with E-state index < -0.39 is 35.3 Å². The first kappa shape index (κ1) is 8.64. The Morgan fingerprint density at radius 1 is 1.57 bits per heavy atom. The lowest BCUT2D eigenvalue weighted by Crippen LogP contribution is -2.55. The second-order valence-electron chi connectivity index (χ2n) is 4.51. The van der Waals surface area contributed by atoms with E-state index in [1.807, 2.05) is 0 Å². The highest BCUT2D eigenvalue weighted by atomic mass is 16.6. The maximum Gasteiger partial charge on any atom is 0.315 e. The minimum absolute atomic E-state index is 0.172. The molecule has 2 aliphatic heterocycles. The summed E-state index contributed by atoms with van der Waals surface area (Å²) in [5, 5.41) is 20.0. The predicted octanol–water partition coefficient (Wildman–Crippen LogP) is -1.19. The predicted molar refractivity (Wildman–Crippen MR) is 43.3 cm³/mol. The van der Waals surface area contributed by atoms with Gasteiger partial charge >= 0.3 is 5.97 Å². The van der Waals surface area contributed by atoms with Crippen molar-refractivity contribution in [1.82, 2.24) is 0 Å². The van der Waals surface area contributed by atoms with Gasteiger partial charge in [0.25, 0.3) is 0 Å². The summed E-state index contributed by atoms with van der Waals surface area (Å²) in [5.74, 6) is -1.19. The summed E-state index contributed by atoms with van der Waals surface area (Å²) in [7, 11) is 0. The van der Waals surface area contributed by atoms with E-state index in [1.54, 1.807) is 6.92 Å². The van der Waals surface area contributed by atoms with Gasteiger partial charge in [0.05, 0.1) is 6.61 Å². The van der Waals surface area contributed by atoms with Crippen LogP contribution in [0.25, 0.3) is 0 Å². The van der Waals surface area contributed by atoms with E-state index in [-0.39, 0.29) is 6.61 Å². The van der Waals surface area contributed by atoms with Crippen molar-refractivity contribution >= 4 is 5.97 Å². The number of ether oxygens (including phenoxy) is 2. The molecule has 5 nitrogen and oxygen atoms in total. The lowest BCUT2D eigenvalue weighted by atomic mass is 9.80. The lowest BCUT2D eigenvalue weighted by molar-refractivity contribution is -0.195. The summed E-state index contributed by atoms with van der Waals surface area (Å²) in [6.45, 7) is 1.90. The number of fused-ring (bicyclic) bond motifs is 3. The third kappa shape index (κ3) is 0.711. The molecule has 0 aromatic heterocycles. The van der Waals surface area contributed by atoms with E-state index in [9.17, 15) is 15.0 Å². The molecule has 1 saturated carbocycles. The Labute approximate surface area is 80.6 Å². The van der Waals surface area contributed by atoms with E-state index in [1.165, 1.54) is 0 Å². The number of esters is 1. The van der Waals surface area contributed by atoms with E-state index in [0.29, 0.717) is 6.42 Å². The fourth-order valence-corrected chi connectivity index (χ4v) is 2.91. The Morgan fingerprint density at radius 2 is 2.29 bits per heavy atom. The van der Waals surface area contributed by atoms with E-state index in [4.69, 9.17) is 9.47 Å². The second-order valence-corrected chi connectivity index (χ2v) is 4.51. The smallest absolute Gasteiger partial charge is 0.315 e. The number of cyclic esters (lactones) is 1. The second kappa shape index (κ2) is 2.13. The Balaban J connectivity index is 2.05. The first-order valence-electron chi connectivity index (χ1n) is 4.75. The summed E-state index contributed by atoms with van der Waals surface area (Å²) >= 11 is 0. The van der Waals surface area contributed by atoms with Crippen LogP contribution >= 0.6 is 0 Å². The summed E-state index contributed by atoms with van der Waals surface area (Å²) in [4.78, 5) is 11.5.